The fourth-order valence-corrected chi connectivity index (χ4v) is 3.82. The number of carboxylic acid groups (broad SMARTS) is 1. The average Bonchev–Trinajstić information content (AvgIpc) is 3.06. The molecule has 3 N–H and O–H groups in total. The maximum Gasteiger partial charge on any atom is 0.490 e. The summed E-state index contributed by atoms with van der Waals surface area (Å²) in [6.45, 7) is 1.57. The van der Waals surface area contributed by atoms with Crippen LogP contribution in [0.5, 0.6) is 0 Å². The molecule has 1 aliphatic rings. The first-order valence-corrected chi connectivity index (χ1v) is 10.7. The number of hydrazone groups is 1. The lowest BCUT2D eigenvalue weighted by molar-refractivity contribution is -0.192. The molecular formula is C24H23F3N4O5. The van der Waals surface area contributed by atoms with Crippen molar-refractivity contribution in [1.82, 2.24) is 15.3 Å². The number of hydrogen-bond donors (Lipinski definition) is 3. The Hall–Kier alpha value is -4.19. The second kappa shape index (κ2) is 11.0. The molecule has 9 nitrogen and oxygen atoms in total. The minimum absolute atomic E-state index is 0.338. The summed E-state index contributed by atoms with van der Waals surface area (Å²) >= 11 is 0. The van der Waals surface area contributed by atoms with Gasteiger partial charge in [0.25, 0.3) is 5.91 Å². The van der Waals surface area contributed by atoms with E-state index in [9.17, 15) is 22.8 Å². The largest absolute Gasteiger partial charge is 0.490 e. The average molecular weight is 504 g/mol. The van der Waals surface area contributed by atoms with Gasteiger partial charge in [0.1, 0.15) is 0 Å². The number of rotatable bonds is 6. The Bertz CT molecular complexity index is 1320. The quantitative estimate of drug-likeness (QED) is 0.349. The molecule has 0 saturated heterocycles. The van der Waals surface area contributed by atoms with Crippen molar-refractivity contribution >= 4 is 35.0 Å². The summed E-state index contributed by atoms with van der Waals surface area (Å²) in [4.78, 5) is 33.8. The molecule has 1 aromatic heterocycles. The third-order valence-electron chi connectivity index (χ3n) is 5.33. The van der Waals surface area contributed by atoms with Crippen LogP contribution in [0.1, 0.15) is 32.7 Å². The van der Waals surface area contributed by atoms with E-state index in [0.29, 0.717) is 11.1 Å². The van der Waals surface area contributed by atoms with Gasteiger partial charge in [0.2, 0.25) is 0 Å². The molecule has 36 heavy (non-hydrogen) atoms. The SMILES string of the molecule is CNCCCn1c(-c2ccccc2)c2c3c(cc(C(=O)OC)cc31)C(=O)NN=C2.O=C(O)C(F)(F)F. The predicted octanol–water partition coefficient (Wildman–Crippen LogP) is 3.42. The van der Waals surface area contributed by atoms with Gasteiger partial charge in [0.05, 0.1) is 35.7 Å². The highest BCUT2D eigenvalue weighted by molar-refractivity contribution is 6.18. The zero-order valence-electron chi connectivity index (χ0n) is 19.3. The molecule has 0 unspecified atom stereocenters. The van der Waals surface area contributed by atoms with E-state index in [0.717, 1.165) is 47.2 Å². The van der Waals surface area contributed by atoms with Gasteiger partial charge in [-0.15, -0.1) is 0 Å². The molecule has 4 rings (SSSR count). The Labute approximate surface area is 203 Å². The summed E-state index contributed by atoms with van der Waals surface area (Å²) in [5.41, 5.74) is 6.96. The van der Waals surface area contributed by atoms with Crippen molar-refractivity contribution in [1.29, 1.82) is 0 Å². The van der Waals surface area contributed by atoms with E-state index in [4.69, 9.17) is 14.6 Å². The smallest absolute Gasteiger partial charge is 0.475 e. The molecule has 1 aliphatic heterocycles. The molecule has 0 spiro atoms. The van der Waals surface area contributed by atoms with Crippen molar-refractivity contribution in [2.24, 2.45) is 5.10 Å². The van der Waals surface area contributed by atoms with Crippen LogP contribution >= 0.6 is 0 Å². The van der Waals surface area contributed by atoms with E-state index in [1.54, 1.807) is 18.3 Å². The highest BCUT2D eigenvalue weighted by atomic mass is 19.4. The Morgan fingerprint density at radius 3 is 2.44 bits per heavy atom. The Balaban J connectivity index is 0.000000454. The summed E-state index contributed by atoms with van der Waals surface area (Å²) < 4.78 is 38.8. The molecule has 3 aromatic rings. The van der Waals surface area contributed by atoms with Crippen LogP contribution < -0.4 is 10.7 Å². The van der Waals surface area contributed by atoms with E-state index in [1.807, 2.05) is 37.4 Å². The molecular weight excluding hydrogens is 481 g/mol. The van der Waals surface area contributed by atoms with Crippen molar-refractivity contribution in [3.05, 3.63) is 59.2 Å². The maximum atomic E-state index is 12.7. The zero-order valence-corrected chi connectivity index (χ0v) is 19.3. The highest BCUT2D eigenvalue weighted by Gasteiger charge is 2.38. The second-order valence-corrected chi connectivity index (χ2v) is 7.65. The number of aliphatic carboxylic acids is 1. The first-order valence-electron chi connectivity index (χ1n) is 10.7. The lowest BCUT2D eigenvalue weighted by atomic mass is 10.00. The van der Waals surface area contributed by atoms with Gasteiger partial charge >= 0.3 is 18.1 Å². The lowest BCUT2D eigenvalue weighted by Crippen LogP contribution is -2.21. The van der Waals surface area contributed by atoms with Crippen LogP contribution in [0.25, 0.3) is 22.2 Å². The van der Waals surface area contributed by atoms with Gasteiger partial charge < -0.3 is 19.7 Å². The third kappa shape index (κ3) is 5.54. The van der Waals surface area contributed by atoms with Crippen LogP contribution in [-0.4, -0.2) is 60.6 Å². The molecule has 190 valence electrons. The highest BCUT2D eigenvalue weighted by Crippen LogP contribution is 2.37. The Morgan fingerprint density at radius 1 is 1.19 bits per heavy atom. The zero-order chi connectivity index (χ0) is 26.5. The van der Waals surface area contributed by atoms with Crippen LogP contribution in [-0.2, 0) is 16.1 Å². The normalized spacial score (nSPS) is 12.4. The molecule has 0 fully saturated rings. The number of ether oxygens (including phenoxy) is 1. The first-order chi connectivity index (χ1) is 17.1. The van der Waals surface area contributed by atoms with Crippen molar-refractivity contribution in [2.45, 2.75) is 19.1 Å². The molecule has 2 aromatic carbocycles. The van der Waals surface area contributed by atoms with Gasteiger partial charge in [-0.2, -0.15) is 18.3 Å². The number of nitrogens with zero attached hydrogens (tertiary/aromatic N) is 2. The minimum Gasteiger partial charge on any atom is -0.475 e. The van der Waals surface area contributed by atoms with Gasteiger partial charge in [0, 0.05) is 17.5 Å². The fraction of sp³-hybridized carbons (Fsp3) is 0.250. The van der Waals surface area contributed by atoms with Gasteiger partial charge in [-0.25, -0.2) is 15.0 Å². The van der Waals surface area contributed by atoms with Crippen molar-refractivity contribution < 1.29 is 37.4 Å². The number of aryl methyl sites for hydroxylation is 1. The number of carboxylic acids is 1. The molecule has 0 atom stereocenters. The van der Waals surface area contributed by atoms with E-state index >= 15 is 0 Å². The van der Waals surface area contributed by atoms with Gasteiger partial charge in [-0.05, 0) is 37.7 Å². The lowest BCUT2D eigenvalue weighted by Gasteiger charge is -2.13. The van der Waals surface area contributed by atoms with Crippen LogP contribution in [0.3, 0.4) is 0 Å². The van der Waals surface area contributed by atoms with Crippen LogP contribution in [0, 0.1) is 0 Å². The van der Waals surface area contributed by atoms with Crippen molar-refractivity contribution in [2.75, 3.05) is 20.7 Å². The summed E-state index contributed by atoms with van der Waals surface area (Å²) in [6, 6.07) is 13.4. The standard InChI is InChI=1S/C22H22N4O3.C2HF3O2/c1-23-9-6-10-26-18-12-15(22(28)29-2)11-16-19(18)17(13-24-25-21(16)27)20(26)14-7-4-3-5-8-14;3-2(4,5)1(6)7/h3-5,7-8,11-13,23H,6,9-10H2,1-2H3,(H,25,27);(H,6,7). The number of hydrogen-bond acceptors (Lipinski definition) is 6. The number of benzene rings is 2. The molecule has 0 radical (unpaired) electrons. The van der Waals surface area contributed by atoms with E-state index in [-0.39, 0.29) is 5.91 Å². The summed E-state index contributed by atoms with van der Waals surface area (Å²) in [7, 11) is 3.25. The van der Waals surface area contributed by atoms with E-state index < -0.39 is 18.1 Å². The van der Waals surface area contributed by atoms with E-state index in [2.05, 4.69) is 20.4 Å². The van der Waals surface area contributed by atoms with Gasteiger partial charge in [0.15, 0.2) is 0 Å². The molecule has 1 amide bonds. The number of nitrogens with one attached hydrogen (secondary N) is 2. The number of carbonyl (C=O) groups excluding carboxylic acids is 2. The molecule has 0 bridgehead atoms. The van der Waals surface area contributed by atoms with Gasteiger partial charge in [-0.3, -0.25) is 4.79 Å². The fourth-order valence-electron chi connectivity index (χ4n) is 3.82. The summed E-state index contributed by atoms with van der Waals surface area (Å²) in [6.07, 6.45) is -2.51. The van der Waals surface area contributed by atoms with Crippen molar-refractivity contribution in [3.8, 4) is 11.3 Å². The second-order valence-electron chi connectivity index (χ2n) is 7.65. The number of esters is 1. The van der Waals surface area contributed by atoms with Crippen LogP contribution in [0.2, 0.25) is 0 Å². The first kappa shape index (κ1) is 26.4. The topological polar surface area (TPSA) is 122 Å². The Kier molecular flexibility index (Phi) is 8.10. The summed E-state index contributed by atoms with van der Waals surface area (Å²) in [5, 5.41) is 15.2. The predicted molar refractivity (Wildman–Crippen MR) is 126 cm³/mol. The Morgan fingerprint density at radius 2 is 1.86 bits per heavy atom. The van der Waals surface area contributed by atoms with Crippen LogP contribution in [0.15, 0.2) is 47.6 Å². The number of halogens is 3. The van der Waals surface area contributed by atoms with Crippen molar-refractivity contribution in [3.63, 3.8) is 0 Å². The monoisotopic (exact) mass is 504 g/mol. The number of amides is 1. The number of alkyl halides is 3. The molecule has 12 heteroatoms. The molecule has 0 saturated carbocycles. The number of aromatic nitrogens is 1. The van der Waals surface area contributed by atoms with E-state index in [1.165, 1.54) is 7.11 Å². The van der Waals surface area contributed by atoms with Crippen LogP contribution in [0.4, 0.5) is 13.2 Å². The molecule has 0 aliphatic carbocycles. The summed E-state index contributed by atoms with van der Waals surface area (Å²) in [5.74, 6) is -3.58. The number of methoxy groups -OCH3 is 1. The van der Waals surface area contributed by atoms with Gasteiger partial charge in [-0.1, -0.05) is 30.3 Å². The molecule has 2 heterocycles. The maximum absolute atomic E-state index is 12.7. The number of carbonyl (C=O) groups is 3. The minimum atomic E-state index is -5.08. The third-order valence-corrected chi connectivity index (χ3v) is 5.33.